The molecule has 0 aromatic carbocycles. The van der Waals surface area contributed by atoms with Crippen LogP contribution in [0.15, 0.2) is 0 Å². The van der Waals surface area contributed by atoms with Crippen molar-refractivity contribution in [2.45, 2.75) is 32.9 Å². The van der Waals surface area contributed by atoms with Gasteiger partial charge >= 0.3 is 0 Å². The monoisotopic (exact) mass is 141 g/mol. The van der Waals surface area contributed by atoms with Crippen molar-refractivity contribution in [1.29, 1.82) is 0 Å². The molecule has 0 spiro atoms. The van der Waals surface area contributed by atoms with Crippen molar-refractivity contribution in [2.75, 3.05) is 19.6 Å². The summed E-state index contributed by atoms with van der Waals surface area (Å²) < 4.78 is 0. The van der Waals surface area contributed by atoms with E-state index in [1.165, 1.54) is 0 Å². The van der Waals surface area contributed by atoms with E-state index in [2.05, 4.69) is 31.0 Å². The molecule has 0 aliphatic carbocycles. The third-order valence-electron chi connectivity index (χ3n) is 2.06. The van der Waals surface area contributed by atoms with E-state index < -0.39 is 0 Å². The molecule has 1 heterocycles. The molecule has 1 unspecified atom stereocenters. The van der Waals surface area contributed by atoms with Crippen LogP contribution in [0.25, 0.3) is 0 Å². The molecule has 2 heteroatoms. The van der Waals surface area contributed by atoms with Crippen LogP contribution in [-0.2, 0) is 0 Å². The van der Waals surface area contributed by atoms with Crippen LogP contribution in [0.2, 0.25) is 0 Å². The highest BCUT2D eigenvalue weighted by atomic mass is 15.2. The number of nitrogens with zero attached hydrogens (tertiary/aromatic N) is 2. The zero-order valence-electron chi connectivity index (χ0n) is 7.17. The summed E-state index contributed by atoms with van der Waals surface area (Å²) >= 11 is 0. The van der Waals surface area contributed by atoms with Gasteiger partial charge in [-0.3, -0.25) is 4.90 Å². The maximum Gasteiger partial charge on any atom is 0.0345 e. The van der Waals surface area contributed by atoms with Crippen LogP contribution in [0.4, 0.5) is 0 Å². The number of hydrogen-bond acceptors (Lipinski definition) is 1. The molecule has 1 atom stereocenters. The lowest BCUT2D eigenvalue weighted by atomic mass is 10.2. The average molecular weight is 141 g/mol. The Morgan fingerprint density at radius 2 is 2.20 bits per heavy atom. The minimum Gasteiger partial charge on any atom is -0.298 e. The topological polar surface area (TPSA) is 17.3 Å². The molecule has 0 amide bonds. The molecule has 1 aliphatic heterocycles. The number of rotatable bonds is 1. The lowest BCUT2D eigenvalue weighted by molar-refractivity contribution is 0.165. The Morgan fingerprint density at radius 3 is 2.60 bits per heavy atom. The Balaban J connectivity index is 2.32. The second kappa shape index (κ2) is 3.35. The minimum absolute atomic E-state index is 0.552. The van der Waals surface area contributed by atoms with Crippen LogP contribution in [0.1, 0.15) is 20.8 Å². The zero-order chi connectivity index (χ0) is 7.56. The largest absolute Gasteiger partial charge is 0.298 e. The van der Waals surface area contributed by atoms with Crippen molar-refractivity contribution in [3.63, 3.8) is 0 Å². The van der Waals surface area contributed by atoms with Crippen LogP contribution < -0.4 is 5.32 Å². The van der Waals surface area contributed by atoms with Crippen LogP contribution in [-0.4, -0.2) is 36.6 Å². The summed E-state index contributed by atoms with van der Waals surface area (Å²) in [5.41, 5.74) is 0. The Kier molecular flexibility index (Phi) is 2.69. The molecule has 10 heavy (non-hydrogen) atoms. The summed E-state index contributed by atoms with van der Waals surface area (Å²) in [6.07, 6.45) is 0. The SMILES string of the molecule is CC1CN(C(C)C)CC[N]1. The molecule has 0 N–H and O–H groups in total. The van der Waals surface area contributed by atoms with E-state index in [4.69, 9.17) is 0 Å². The fourth-order valence-electron chi connectivity index (χ4n) is 1.36. The van der Waals surface area contributed by atoms with Gasteiger partial charge < -0.3 is 0 Å². The van der Waals surface area contributed by atoms with Crippen molar-refractivity contribution in [3.05, 3.63) is 0 Å². The van der Waals surface area contributed by atoms with Crippen LogP contribution in [0.3, 0.4) is 0 Å². The first-order valence-electron chi connectivity index (χ1n) is 4.11. The Labute approximate surface area is 63.6 Å². The van der Waals surface area contributed by atoms with Gasteiger partial charge in [-0.05, 0) is 20.8 Å². The second-order valence-electron chi connectivity index (χ2n) is 3.34. The van der Waals surface area contributed by atoms with Gasteiger partial charge in [0.05, 0.1) is 0 Å². The molecule has 59 valence electrons. The lowest BCUT2D eigenvalue weighted by Crippen LogP contribution is -2.48. The molecule has 0 saturated carbocycles. The van der Waals surface area contributed by atoms with Gasteiger partial charge in [0.25, 0.3) is 0 Å². The molecular weight excluding hydrogens is 124 g/mol. The predicted molar refractivity (Wildman–Crippen MR) is 43.2 cm³/mol. The molecule has 2 nitrogen and oxygen atoms in total. The van der Waals surface area contributed by atoms with E-state index in [0.717, 1.165) is 19.6 Å². The summed E-state index contributed by atoms with van der Waals surface area (Å²) in [7, 11) is 0. The highest BCUT2D eigenvalue weighted by Gasteiger charge is 2.17. The molecular formula is C8H17N2. The Morgan fingerprint density at radius 1 is 1.50 bits per heavy atom. The van der Waals surface area contributed by atoms with Crippen molar-refractivity contribution in [3.8, 4) is 0 Å². The number of piperazine rings is 1. The predicted octanol–water partition coefficient (Wildman–Crippen LogP) is 0.703. The normalized spacial score (nSPS) is 29.4. The smallest absolute Gasteiger partial charge is 0.0345 e. The van der Waals surface area contributed by atoms with Crippen molar-refractivity contribution in [1.82, 2.24) is 10.2 Å². The van der Waals surface area contributed by atoms with Gasteiger partial charge in [-0.25, -0.2) is 5.32 Å². The van der Waals surface area contributed by atoms with Gasteiger partial charge in [0.2, 0.25) is 0 Å². The summed E-state index contributed by atoms with van der Waals surface area (Å²) in [5.74, 6) is 0. The van der Waals surface area contributed by atoms with Crippen LogP contribution in [0, 0.1) is 0 Å². The second-order valence-corrected chi connectivity index (χ2v) is 3.34. The van der Waals surface area contributed by atoms with Gasteiger partial charge in [-0.15, -0.1) is 0 Å². The highest BCUT2D eigenvalue weighted by molar-refractivity contribution is 4.76. The summed E-state index contributed by atoms with van der Waals surface area (Å²) in [5, 5.41) is 4.42. The first-order chi connectivity index (χ1) is 4.70. The first-order valence-corrected chi connectivity index (χ1v) is 4.11. The molecule has 0 aromatic rings. The standard InChI is InChI=1S/C8H17N2/c1-7(2)10-5-4-9-8(3)6-10/h7-8H,4-6H2,1-3H3. The van der Waals surface area contributed by atoms with Crippen LogP contribution >= 0.6 is 0 Å². The maximum absolute atomic E-state index is 4.42. The van der Waals surface area contributed by atoms with E-state index in [9.17, 15) is 0 Å². The maximum atomic E-state index is 4.42. The van der Waals surface area contributed by atoms with Crippen molar-refractivity contribution in [2.24, 2.45) is 0 Å². The molecule has 1 radical (unpaired) electrons. The van der Waals surface area contributed by atoms with Gasteiger partial charge in [0, 0.05) is 31.7 Å². The fraction of sp³-hybridized carbons (Fsp3) is 1.00. The van der Waals surface area contributed by atoms with Gasteiger partial charge in [-0.2, -0.15) is 0 Å². The fourth-order valence-corrected chi connectivity index (χ4v) is 1.36. The van der Waals surface area contributed by atoms with Crippen molar-refractivity contribution < 1.29 is 0 Å². The van der Waals surface area contributed by atoms with E-state index in [1.807, 2.05) is 0 Å². The third-order valence-corrected chi connectivity index (χ3v) is 2.06. The zero-order valence-corrected chi connectivity index (χ0v) is 7.17. The molecule has 1 rings (SSSR count). The van der Waals surface area contributed by atoms with Gasteiger partial charge in [-0.1, -0.05) is 0 Å². The van der Waals surface area contributed by atoms with Crippen LogP contribution in [0.5, 0.6) is 0 Å². The van der Waals surface area contributed by atoms with E-state index >= 15 is 0 Å². The molecule has 1 saturated heterocycles. The summed E-state index contributed by atoms with van der Waals surface area (Å²) in [6, 6.07) is 1.24. The van der Waals surface area contributed by atoms with E-state index in [-0.39, 0.29) is 0 Å². The Hall–Kier alpha value is -0.0800. The lowest BCUT2D eigenvalue weighted by Gasteiger charge is -2.33. The summed E-state index contributed by atoms with van der Waals surface area (Å²) in [4.78, 5) is 2.48. The van der Waals surface area contributed by atoms with Gasteiger partial charge in [0.1, 0.15) is 0 Å². The van der Waals surface area contributed by atoms with Crippen molar-refractivity contribution >= 4 is 0 Å². The van der Waals surface area contributed by atoms with Gasteiger partial charge in [0.15, 0.2) is 0 Å². The molecule has 0 aromatic heterocycles. The first kappa shape index (κ1) is 8.02. The molecule has 1 aliphatic rings. The molecule has 1 fully saturated rings. The highest BCUT2D eigenvalue weighted by Crippen LogP contribution is 2.03. The van der Waals surface area contributed by atoms with E-state index in [1.54, 1.807) is 0 Å². The number of hydrogen-bond donors (Lipinski definition) is 0. The quantitative estimate of drug-likeness (QED) is 0.525. The summed E-state index contributed by atoms with van der Waals surface area (Å²) in [6.45, 7) is 10.0. The third kappa shape index (κ3) is 1.96. The molecule has 0 bridgehead atoms. The average Bonchev–Trinajstić information content (AvgIpc) is 1.88. The van der Waals surface area contributed by atoms with E-state index in [0.29, 0.717) is 12.1 Å². The Bertz CT molecular complexity index is 101. The minimum atomic E-state index is 0.552.